The summed E-state index contributed by atoms with van der Waals surface area (Å²) in [5.41, 5.74) is 2.04. The van der Waals surface area contributed by atoms with Gasteiger partial charge in [-0.3, -0.25) is 0 Å². The van der Waals surface area contributed by atoms with E-state index < -0.39 is 5.82 Å². The lowest BCUT2D eigenvalue weighted by molar-refractivity contribution is 0.208. The number of rotatable bonds is 5. The van der Waals surface area contributed by atoms with Gasteiger partial charge >= 0.3 is 6.03 Å². The van der Waals surface area contributed by atoms with Gasteiger partial charge in [0.05, 0.1) is 24.9 Å². The molecule has 0 spiro atoms. The van der Waals surface area contributed by atoms with Crippen LogP contribution in [0.2, 0.25) is 5.02 Å². The molecular weight excluding hydrogens is 449 g/mol. The number of halogens is 2. The fourth-order valence-corrected chi connectivity index (χ4v) is 3.74. The monoisotopic (exact) mass is 471 g/mol. The molecule has 0 aliphatic carbocycles. The second-order valence-electron chi connectivity index (χ2n) is 7.38. The normalized spacial score (nSPS) is 13.6. The van der Waals surface area contributed by atoms with E-state index in [4.69, 9.17) is 21.1 Å². The third-order valence-electron chi connectivity index (χ3n) is 5.39. The van der Waals surface area contributed by atoms with Crippen LogP contribution in [-0.4, -0.2) is 61.5 Å². The number of carbonyl (C=O) groups is 1. The number of carbonyl (C=O) groups excluding carboxylic acids is 1. The van der Waals surface area contributed by atoms with Crippen molar-refractivity contribution >= 4 is 29.1 Å². The summed E-state index contributed by atoms with van der Waals surface area (Å²) in [4.78, 5) is 16.3. The molecule has 172 valence electrons. The Morgan fingerprint density at radius 1 is 0.970 bits per heavy atom. The van der Waals surface area contributed by atoms with E-state index >= 15 is 0 Å². The standard InChI is InChI=1S/C23H23ClFN5O3/c1-32-20-7-3-15(13-21(20)33-2)19-6-8-22(28-27-19)29-9-11-30(12-10-29)23(31)26-16-4-5-18(25)17(24)14-16/h3-8,13-14H,9-12H2,1-2H3,(H,26,31). The lowest BCUT2D eigenvalue weighted by Gasteiger charge is -2.35. The highest BCUT2D eigenvalue weighted by molar-refractivity contribution is 6.31. The van der Waals surface area contributed by atoms with E-state index in [1.165, 1.54) is 18.2 Å². The van der Waals surface area contributed by atoms with Crippen molar-refractivity contribution in [3.63, 3.8) is 0 Å². The maximum absolute atomic E-state index is 13.3. The summed E-state index contributed by atoms with van der Waals surface area (Å²) >= 11 is 5.78. The van der Waals surface area contributed by atoms with Crippen molar-refractivity contribution in [2.24, 2.45) is 0 Å². The maximum Gasteiger partial charge on any atom is 0.321 e. The molecule has 8 nitrogen and oxygen atoms in total. The Morgan fingerprint density at radius 2 is 1.73 bits per heavy atom. The molecule has 1 aliphatic rings. The van der Waals surface area contributed by atoms with E-state index in [1.54, 1.807) is 19.1 Å². The molecule has 1 saturated heterocycles. The number of nitrogens with one attached hydrogen (secondary N) is 1. The maximum atomic E-state index is 13.3. The smallest absolute Gasteiger partial charge is 0.321 e. The van der Waals surface area contributed by atoms with Crippen molar-refractivity contribution in [3.05, 3.63) is 59.4 Å². The fourth-order valence-electron chi connectivity index (χ4n) is 3.56. The SMILES string of the molecule is COc1ccc(-c2ccc(N3CCN(C(=O)Nc4ccc(F)c(Cl)c4)CC3)nn2)cc1OC. The summed E-state index contributed by atoms with van der Waals surface area (Å²) in [5, 5.41) is 11.4. The summed E-state index contributed by atoms with van der Waals surface area (Å²) in [5.74, 6) is 1.49. The minimum absolute atomic E-state index is 0.0345. The van der Waals surface area contributed by atoms with Crippen LogP contribution in [0.3, 0.4) is 0 Å². The number of benzene rings is 2. The number of methoxy groups -OCH3 is 2. The fraction of sp³-hybridized carbons (Fsp3) is 0.261. The van der Waals surface area contributed by atoms with Crippen LogP contribution in [0.4, 0.5) is 20.7 Å². The molecule has 3 aromatic rings. The van der Waals surface area contributed by atoms with Gasteiger partial charge in [0.1, 0.15) is 5.82 Å². The quantitative estimate of drug-likeness (QED) is 0.597. The Kier molecular flexibility index (Phi) is 6.79. The molecule has 10 heteroatoms. The predicted octanol–water partition coefficient (Wildman–Crippen LogP) is 4.31. The van der Waals surface area contributed by atoms with Gasteiger partial charge in [-0.15, -0.1) is 10.2 Å². The molecule has 0 bridgehead atoms. The van der Waals surface area contributed by atoms with E-state index in [2.05, 4.69) is 20.4 Å². The second kappa shape index (κ2) is 9.91. The van der Waals surface area contributed by atoms with Crippen LogP contribution >= 0.6 is 11.6 Å². The van der Waals surface area contributed by atoms with Gasteiger partial charge in [0.2, 0.25) is 0 Å². The molecule has 1 aromatic heterocycles. The van der Waals surface area contributed by atoms with E-state index in [-0.39, 0.29) is 11.1 Å². The lowest BCUT2D eigenvalue weighted by Crippen LogP contribution is -2.50. The average molecular weight is 472 g/mol. The largest absolute Gasteiger partial charge is 0.493 e. The highest BCUT2D eigenvalue weighted by Gasteiger charge is 2.22. The number of ether oxygens (including phenoxy) is 2. The summed E-state index contributed by atoms with van der Waals surface area (Å²) < 4.78 is 23.9. The van der Waals surface area contributed by atoms with Crippen molar-refractivity contribution in [2.45, 2.75) is 0 Å². The Hall–Kier alpha value is -3.59. The number of amides is 2. The van der Waals surface area contributed by atoms with Crippen LogP contribution in [0.1, 0.15) is 0 Å². The van der Waals surface area contributed by atoms with Gasteiger partial charge in [-0.05, 0) is 48.5 Å². The van der Waals surface area contributed by atoms with Crippen LogP contribution in [0.15, 0.2) is 48.5 Å². The van der Waals surface area contributed by atoms with E-state index in [1.807, 2.05) is 30.3 Å². The summed E-state index contributed by atoms with van der Waals surface area (Å²) in [7, 11) is 3.18. The van der Waals surface area contributed by atoms with Crippen molar-refractivity contribution in [3.8, 4) is 22.8 Å². The Labute approximate surface area is 195 Å². The average Bonchev–Trinajstić information content (AvgIpc) is 2.86. The zero-order chi connectivity index (χ0) is 23.4. The number of urea groups is 1. The zero-order valence-electron chi connectivity index (χ0n) is 18.2. The first-order valence-electron chi connectivity index (χ1n) is 10.3. The van der Waals surface area contributed by atoms with Gasteiger partial charge < -0.3 is 24.6 Å². The minimum atomic E-state index is -0.526. The molecular formula is C23H23ClFN5O3. The molecule has 2 amide bonds. The highest BCUT2D eigenvalue weighted by atomic mass is 35.5. The molecule has 2 heterocycles. The van der Waals surface area contributed by atoms with Crippen molar-refractivity contribution in [2.75, 3.05) is 50.6 Å². The number of piperazine rings is 1. The third kappa shape index (κ3) is 5.09. The van der Waals surface area contributed by atoms with Gasteiger partial charge in [0, 0.05) is 37.4 Å². The first-order chi connectivity index (χ1) is 16.0. The van der Waals surface area contributed by atoms with Gasteiger partial charge in [0.15, 0.2) is 17.3 Å². The zero-order valence-corrected chi connectivity index (χ0v) is 19.0. The number of nitrogens with zero attached hydrogens (tertiary/aromatic N) is 4. The summed E-state index contributed by atoms with van der Waals surface area (Å²) in [6.45, 7) is 2.25. The minimum Gasteiger partial charge on any atom is -0.493 e. The van der Waals surface area contributed by atoms with Crippen molar-refractivity contribution in [1.82, 2.24) is 15.1 Å². The van der Waals surface area contributed by atoms with E-state index in [9.17, 15) is 9.18 Å². The molecule has 0 saturated carbocycles. The predicted molar refractivity (Wildman–Crippen MR) is 125 cm³/mol. The molecule has 33 heavy (non-hydrogen) atoms. The summed E-state index contributed by atoms with van der Waals surface area (Å²) in [6, 6.07) is 13.2. The molecule has 0 unspecified atom stereocenters. The van der Waals surface area contributed by atoms with Crippen molar-refractivity contribution in [1.29, 1.82) is 0 Å². The van der Waals surface area contributed by atoms with Gasteiger partial charge in [-0.25, -0.2) is 9.18 Å². The van der Waals surface area contributed by atoms with Crippen LogP contribution in [0.25, 0.3) is 11.3 Å². The molecule has 4 rings (SSSR count). The molecule has 2 aromatic carbocycles. The molecule has 0 atom stereocenters. The van der Waals surface area contributed by atoms with E-state index in [0.717, 1.165) is 17.1 Å². The van der Waals surface area contributed by atoms with Crippen LogP contribution in [0, 0.1) is 5.82 Å². The number of hydrogen-bond donors (Lipinski definition) is 1. The molecule has 1 N–H and O–H groups in total. The van der Waals surface area contributed by atoms with Crippen LogP contribution in [0.5, 0.6) is 11.5 Å². The van der Waals surface area contributed by atoms with Crippen LogP contribution < -0.4 is 19.7 Å². The van der Waals surface area contributed by atoms with E-state index in [0.29, 0.717) is 43.4 Å². The Morgan fingerprint density at radius 3 is 2.36 bits per heavy atom. The molecule has 1 aliphatic heterocycles. The number of hydrogen-bond acceptors (Lipinski definition) is 6. The second-order valence-corrected chi connectivity index (χ2v) is 7.79. The Balaban J connectivity index is 1.36. The molecule has 1 fully saturated rings. The number of aromatic nitrogens is 2. The third-order valence-corrected chi connectivity index (χ3v) is 5.68. The van der Waals surface area contributed by atoms with Crippen molar-refractivity contribution < 1.29 is 18.7 Å². The van der Waals surface area contributed by atoms with Gasteiger partial charge in [-0.1, -0.05) is 11.6 Å². The van der Waals surface area contributed by atoms with Crippen LogP contribution in [-0.2, 0) is 0 Å². The highest BCUT2D eigenvalue weighted by Crippen LogP contribution is 2.31. The summed E-state index contributed by atoms with van der Waals surface area (Å²) in [6.07, 6.45) is 0. The van der Waals surface area contributed by atoms with Gasteiger partial charge in [-0.2, -0.15) is 0 Å². The Bertz CT molecular complexity index is 1140. The molecule has 0 radical (unpaired) electrons. The first kappa shape index (κ1) is 22.6. The number of anilines is 2. The first-order valence-corrected chi connectivity index (χ1v) is 10.7. The van der Waals surface area contributed by atoms with Gasteiger partial charge in [0.25, 0.3) is 0 Å². The topological polar surface area (TPSA) is 79.8 Å². The lowest BCUT2D eigenvalue weighted by atomic mass is 10.1.